The third-order valence-corrected chi connectivity index (χ3v) is 6.77. The summed E-state index contributed by atoms with van der Waals surface area (Å²) in [6.45, 7) is 5.01. The van der Waals surface area contributed by atoms with Gasteiger partial charge in [-0.15, -0.1) is 0 Å². The molecule has 3 fully saturated rings. The third-order valence-electron chi connectivity index (χ3n) is 6.77. The molecule has 0 radical (unpaired) electrons. The Kier molecular flexibility index (Phi) is 5.38. The number of methoxy groups -OCH3 is 1. The molecule has 3 aliphatic rings. The zero-order valence-corrected chi connectivity index (χ0v) is 16.6. The number of piperazine rings is 1. The first-order valence-electron chi connectivity index (χ1n) is 10.4. The standard InChI is InChI=1S/C21H28FN3O3/c1-28-18-5-4-16(12-17(18)22)14-23-8-10-24(11-9-23)15-25-19(26)13-21(20(25)27)6-2-3-7-21/h4-5,12H,2-3,6-11,13-15H2,1H3/p+2. The van der Waals surface area contributed by atoms with Gasteiger partial charge in [-0.1, -0.05) is 12.8 Å². The fourth-order valence-electron chi connectivity index (χ4n) is 5.09. The van der Waals surface area contributed by atoms with Crippen LogP contribution in [0.5, 0.6) is 5.75 Å². The van der Waals surface area contributed by atoms with Crippen LogP contribution in [0.4, 0.5) is 4.39 Å². The zero-order chi connectivity index (χ0) is 19.7. The third kappa shape index (κ3) is 3.65. The lowest BCUT2D eigenvalue weighted by molar-refractivity contribution is -1.02. The number of carbonyl (C=O) groups is 2. The molecule has 2 aliphatic heterocycles. The minimum absolute atomic E-state index is 0.0166. The summed E-state index contributed by atoms with van der Waals surface area (Å²) in [5.74, 6) is 0.0393. The summed E-state index contributed by atoms with van der Waals surface area (Å²) in [4.78, 5) is 29.5. The van der Waals surface area contributed by atoms with Crippen molar-refractivity contribution < 1.29 is 28.5 Å². The largest absolute Gasteiger partial charge is 0.494 e. The molecular formula is C21H30FN3O3+2. The Balaban J connectivity index is 1.29. The number of hydrogen-bond acceptors (Lipinski definition) is 3. The van der Waals surface area contributed by atoms with E-state index >= 15 is 0 Å². The minimum atomic E-state index is -0.373. The highest BCUT2D eigenvalue weighted by Gasteiger charge is 2.53. The number of nitrogens with zero attached hydrogens (tertiary/aromatic N) is 1. The molecule has 28 heavy (non-hydrogen) atoms. The van der Waals surface area contributed by atoms with Gasteiger partial charge in [-0.05, 0) is 31.0 Å². The highest BCUT2D eigenvalue weighted by atomic mass is 19.1. The number of amides is 2. The van der Waals surface area contributed by atoms with E-state index in [4.69, 9.17) is 4.74 Å². The summed E-state index contributed by atoms with van der Waals surface area (Å²) in [7, 11) is 1.47. The topological polar surface area (TPSA) is 55.5 Å². The molecule has 2 heterocycles. The van der Waals surface area contributed by atoms with Crippen molar-refractivity contribution in [2.24, 2.45) is 5.41 Å². The summed E-state index contributed by atoms with van der Waals surface area (Å²) in [6.07, 6.45) is 4.29. The molecule has 0 unspecified atom stereocenters. The van der Waals surface area contributed by atoms with Crippen LogP contribution in [0.2, 0.25) is 0 Å². The van der Waals surface area contributed by atoms with Crippen LogP contribution in [-0.2, 0) is 16.1 Å². The van der Waals surface area contributed by atoms with E-state index in [2.05, 4.69) is 0 Å². The van der Waals surface area contributed by atoms with Crippen molar-refractivity contribution in [1.29, 1.82) is 0 Å². The Morgan fingerprint density at radius 3 is 2.43 bits per heavy atom. The molecule has 0 atom stereocenters. The van der Waals surface area contributed by atoms with E-state index < -0.39 is 0 Å². The SMILES string of the molecule is COc1ccc(C[NH+]2CC[NH+](CN3C(=O)CC4(CCCC4)C3=O)CC2)cc1F. The van der Waals surface area contributed by atoms with Crippen molar-refractivity contribution in [1.82, 2.24) is 4.90 Å². The van der Waals surface area contributed by atoms with Crippen molar-refractivity contribution in [2.75, 3.05) is 40.0 Å². The predicted molar refractivity (Wildman–Crippen MR) is 100 cm³/mol. The van der Waals surface area contributed by atoms with Gasteiger partial charge in [0.05, 0.1) is 12.5 Å². The van der Waals surface area contributed by atoms with Crippen LogP contribution in [0.1, 0.15) is 37.7 Å². The van der Waals surface area contributed by atoms with E-state index in [9.17, 15) is 14.0 Å². The highest BCUT2D eigenvalue weighted by molar-refractivity contribution is 6.05. The van der Waals surface area contributed by atoms with E-state index in [1.165, 1.54) is 21.8 Å². The molecule has 1 spiro atoms. The molecule has 152 valence electrons. The molecule has 1 saturated carbocycles. The fourth-order valence-corrected chi connectivity index (χ4v) is 5.09. The van der Waals surface area contributed by atoms with Gasteiger partial charge in [0.1, 0.15) is 32.7 Å². The van der Waals surface area contributed by atoms with Crippen LogP contribution in [0.25, 0.3) is 0 Å². The second kappa shape index (κ2) is 7.79. The second-order valence-corrected chi connectivity index (χ2v) is 8.59. The molecule has 1 aliphatic carbocycles. The average molecular weight is 391 g/mol. The Bertz CT molecular complexity index is 755. The van der Waals surface area contributed by atoms with Gasteiger partial charge in [0.15, 0.2) is 18.2 Å². The van der Waals surface area contributed by atoms with E-state index in [1.54, 1.807) is 12.1 Å². The van der Waals surface area contributed by atoms with Crippen LogP contribution in [-0.4, -0.2) is 56.7 Å². The van der Waals surface area contributed by atoms with Gasteiger partial charge in [0.2, 0.25) is 11.8 Å². The van der Waals surface area contributed by atoms with Crippen LogP contribution in [0.3, 0.4) is 0 Å². The summed E-state index contributed by atoms with van der Waals surface area (Å²) in [6, 6.07) is 5.14. The van der Waals surface area contributed by atoms with Gasteiger partial charge in [0.25, 0.3) is 0 Å². The summed E-state index contributed by atoms with van der Waals surface area (Å²) in [5, 5.41) is 0. The van der Waals surface area contributed by atoms with Gasteiger partial charge in [-0.2, -0.15) is 0 Å². The Labute approximate surface area is 165 Å². The van der Waals surface area contributed by atoms with E-state index in [0.29, 0.717) is 13.1 Å². The average Bonchev–Trinajstić information content (AvgIpc) is 3.24. The molecule has 4 rings (SSSR count). The van der Waals surface area contributed by atoms with Crippen LogP contribution in [0, 0.1) is 11.2 Å². The highest BCUT2D eigenvalue weighted by Crippen LogP contribution is 2.46. The minimum Gasteiger partial charge on any atom is -0.494 e. The maximum absolute atomic E-state index is 13.9. The quantitative estimate of drug-likeness (QED) is 0.659. The van der Waals surface area contributed by atoms with Crippen molar-refractivity contribution >= 4 is 11.8 Å². The molecule has 7 heteroatoms. The Hall–Kier alpha value is -1.99. The second-order valence-electron chi connectivity index (χ2n) is 8.59. The number of imide groups is 1. The first kappa shape index (κ1) is 19.3. The van der Waals surface area contributed by atoms with Crippen LogP contribution >= 0.6 is 0 Å². The Morgan fingerprint density at radius 1 is 1.11 bits per heavy atom. The smallest absolute Gasteiger partial charge is 0.240 e. The zero-order valence-electron chi connectivity index (χ0n) is 16.6. The first-order chi connectivity index (χ1) is 13.5. The molecular weight excluding hydrogens is 361 g/mol. The normalized spacial score (nSPS) is 27.0. The lowest BCUT2D eigenvalue weighted by Gasteiger charge is -2.32. The molecule has 2 amide bonds. The van der Waals surface area contributed by atoms with Gasteiger partial charge in [-0.25, -0.2) is 9.29 Å². The molecule has 0 aromatic heterocycles. The monoisotopic (exact) mass is 391 g/mol. The summed E-state index contributed by atoms with van der Waals surface area (Å²) in [5.41, 5.74) is 0.590. The van der Waals surface area contributed by atoms with Crippen LogP contribution in [0.15, 0.2) is 18.2 Å². The molecule has 2 N–H and O–H groups in total. The molecule has 2 saturated heterocycles. The number of halogens is 1. The maximum Gasteiger partial charge on any atom is 0.240 e. The van der Waals surface area contributed by atoms with Crippen molar-refractivity contribution in [2.45, 2.75) is 38.6 Å². The van der Waals surface area contributed by atoms with Gasteiger partial charge in [-0.3, -0.25) is 9.59 Å². The van der Waals surface area contributed by atoms with Crippen molar-refractivity contribution in [3.05, 3.63) is 29.6 Å². The lowest BCUT2D eigenvalue weighted by atomic mass is 9.85. The number of nitrogens with one attached hydrogen (secondary N) is 2. The Morgan fingerprint density at radius 2 is 1.79 bits per heavy atom. The van der Waals surface area contributed by atoms with E-state index in [1.807, 2.05) is 6.07 Å². The fraction of sp³-hybridized carbons (Fsp3) is 0.619. The molecule has 1 aromatic rings. The van der Waals surface area contributed by atoms with E-state index in [-0.39, 0.29) is 28.8 Å². The first-order valence-corrected chi connectivity index (χ1v) is 10.4. The maximum atomic E-state index is 13.9. The number of benzene rings is 1. The van der Waals surface area contributed by atoms with Gasteiger partial charge < -0.3 is 14.5 Å². The van der Waals surface area contributed by atoms with Crippen molar-refractivity contribution in [3.8, 4) is 5.75 Å². The van der Waals surface area contributed by atoms with Gasteiger partial charge >= 0.3 is 0 Å². The van der Waals surface area contributed by atoms with E-state index in [0.717, 1.165) is 64.0 Å². The van der Waals surface area contributed by atoms with Crippen molar-refractivity contribution in [3.63, 3.8) is 0 Å². The summed E-state index contributed by atoms with van der Waals surface area (Å²) >= 11 is 0. The number of hydrogen-bond donors (Lipinski definition) is 2. The number of likely N-dealkylation sites (tertiary alicyclic amines) is 1. The number of quaternary nitrogens is 2. The molecule has 1 aromatic carbocycles. The summed E-state index contributed by atoms with van der Waals surface area (Å²) < 4.78 is 18.9. The molecule has 0 bridgehead atoms. The number of carbonyl (C=O) groups excluding carboxylic acids is 2. The number of ether oxygens (including phenoxy) is 1. The predicted octanol–water partition coefficient (Wildman–Crippen LogP) is -0.605. The lowest BCUT2D eigenvalue weighted by Crippen LogP contribution is -3.28. The number of rotatable bonds is 5. The molecule has 6 nitrogen and oxygen atoms in total. The van der Waals surface area contributed by atoms with Crippen LogP contribution < -0.4 is 14.5 Å². The van der Waals surface area contributed by atoms with Gasteiger partial charge in [0, 0.05) is 12.0 Å².